The van der Waals surface area contributed by atoms with Crippen LogP contribution in [0.2, 0.25) is 10.0 Å². The van der Waals surface area contributed by atoms with Crippen molar-refractivity contribution in [2.45, 2.75) is 0 Å². The molecule has 0 atom stereocenters. The molecule has 38 heavy (non-hydrogen) atoms. The number of nitrogens with one attached hydrogen (secondary N) is 3. The number of carbonyl (C=O) groups is 3. The van der Waals surface area contributed by atoms with Crippen molar-refractivity contribution in [3.05, 3.63) is 73.8 Å². The Balaban J connectivity index is 1.60. The minimum Gasteiger partial charge on any atom is -0.495 e. The first-order valence-electron chi connectivity index (χ1n) is 10.7. The Labute approximate surface area is 241 Å². The first-order valence-corrected chi connectivity index (χ1v) is 12.6. The van der Waals surface area contributed by atoms with Crippen molar-refractivity contribution in [2.75, 3.05) is 31.5 Å². The molecule has 0 aliphatic rings. The first kappa shape index (κ1) is 29.0. The Kier molecular flexibility index (Phi) is 10.6. The van der Waals surface area contributed by atoms with Crippen molar-refractivity contribution in [1.29, 1.82) is 0 Å². The zero-order chi connectivity index (χ0) is 27.7. The zero-order valence-electron chi connectivity index (χ0n) is 20.0. The number of hydrogen-bond donors (Lipinski definition) is 3. The average Bonchev–Trinajstić information content (AvgIpc) is 2.90. The van der Waals surface area contributed by atoms with Gasteiger partial charge >= 0.3 is 11.8 Å². The average molecular weight is 671 g/mol. The maximum atomic E-state index is 12.4. The highest BCUT2D eigenvalue weighted by Gasteiger charge is 2.16. The number of hydrogen-bond acceptors (Lipinski definition) is 7. The maximum Gasteiger partial charge on any atom is 0.329 e. The van der Waals surface area contributed by atoms with Crippen LogP contribution in [-0.4, -0.2) is 44.8 Å². The van der Waals surface area contributed by atoms with Gasteiger partial charge in [0.1, 0.15) is 5.75 Å². The van der Waals surface area contributed by atoms with E-state index in [1.807, 2.05) is 22.6 Å². The summed E-state index contributed by atoms with van der Waals surface area (Å²) in [6.45, 7) is -0.319. The molecule has 0 aliphatic heterocycles. The molecule has 10 nitrogen and oxygen atoms in total. The molecule has 0 fully saturated rings. The summed E-state index contributed by atoms with van der Waals surface area (Å²) in [5, 5.41) is 9.45. The van der Waals surface area contributed by atoms with Gasteiger partial charge in [0.05, 0.1) is 45.4 Å². The second kappa shape index (κ2) is 13.8. The summed E-state index contributed by atoms with van der Waals surface area (Å²) in [6, 6.07) is 14.8. The van der Waals surface area contributed by atoms with E-state index in [0.717, 1.165) is 0 Å². The summed E-state index contributed by atoms with van der Waals surface area (Å²) in [7, 11) is 2.89. The molecule has 3 aromatic carbocycles. The van der Waals surface area contributed by atoms with Gasteiger partial charge in [-0.1, -0.05) is 41.4 Å². The molecule has 0 saturated carbocycles. The van der Waals surface area contributed by atoms with Crippen molar-refractivity contribution < 1.29 is 28.6 Å². The standard InChI is InChI=1S/C25H21Cl2IN4O6/c1-36-19-9-4-3-7-17(19)31-24(34)25(35)32-29-12-14-10-16(28)23(20(11-14)37-2)38-13-21(33)30-18-8-5-6-15(26)22(18)27/h3-12H,13H2,1-2H3,(H,30,33)(H,31,34)(H,32,35)/b29-12+. The Bertz CT molecular complexity index is 1390. The highest BCUT2D eigenvalue weighted by atomic mass is 127. The van der Waals surface area contributed by atoms with Gasteiger partial charge in [-0.05, 0) is 64.6 Å². The lowest BCUT2D eigenvalue weighted by molar-refractivity contribution is -0.136. The SMILES string of the molecule is COc1ccccc1NC(=O)C(=O)N/N=C/c1cc(I)c(OCC(=O)Nc2cccc(Cl)c2Cl)c(OC)c1. The molecule has 0 heterocycles. The molecule has 0 unspecified atom stereocenters. The van der Waals surface area contributed by atoms with Gasteiger partial charge in [-0.3, -0.25) is 14.4 Å². The van der Waals surface area contributed by atoms with Crippen molar-refractivity contribution in [3.63, 3.8) is 0 Å². The third-order valence-corrected chi connectivity index (χ3v) is 6.39. The fourth-order valence-corrected chi connectivity index (χ4v) is 4.15. The number of carbonyl (C=O) groups excluding carboxylic acids is 3. The molecule has 3 rings (SSSR count). The van der Waals surface area contributed by atoms with Crippen molar-refractivity contribution in [1.82, 2.24) is 5.43 Å². The second-order valence-electron chi connectivity index (χ2n) is 7.33. The number of para-hydroxylation sites is 2. The molecule has 0 radical (unpaired) electrons. The summed E-state index contributed by atoms with van der Waals surface area (Å²) in [5.74, 6) is -1.27. The topological polar surface area (TPSA) is 127 Å². The summed E-state index contributed by atoms with van der Waals surface area (Å²) >= 11 is 14.1. The number of halogens is 3. The van der Waals surface area contributed by atoms with E-state index in [-0.39, 0.29) is 11.6 Å². The molecule has 0 aromatic heterocycles. The number of methoxy groups -OCH3 is 2. The van der Waals surface area contributed by atoms with Crippen LogP contribution in [0.5, 0.6) is 17.2 Å². The Morgan fingerprint density at radius 1 is 0.921 bits per heavy atom. The molecule has 0 aliphatic carbocycles. The number of amides is 3. The quantitative estimate of drug-likeness (QED) is 0.131. The maximum absolute atomic E-state index is 12.4. The van der Waals surface area contributed by atoms with Crippen molar-refractivity contribution >= 4 is 81.1 Å². The van der Waals surface area contributed by atoms with Crippen LogP contribution < -0.4 is 30.3 Å². The van der Waals surface area contributed by atoms with E-state index >= 15 is 0 Å². The van der Waals surface area contributed by atoms with Crippen LogP contribution in [0.1, 0.15) is 5.56 Å². The van der Waals surface area contributed by atoms with E-state index in [9.17, 15) is 14.4 Å². The zero-order valence-corrected chi connectivity index (χ0v) is 23.7. The lowest BCUT2D eigenvalue weighted by Gasteiger charge is -2.14. The predicted octanol–water partition coefficient (Wildman–Crippen LogP) is 4.72. The monoisotopic (exact) mass is 670 g/mol. The van der Waals surface area contributed by atoms with Gasteiger partial charge in [-0.25, -0.2) is 5.43 Å². The largest absolute Gasteiger partial charge is 0.495 e. The van der Waals surface area contributed by atoms with Gasteiger partial charge < -0.3 is 24.8 Å². The van der Waals surface area contributed by atoms with Crippen LogP contribution in [0.25, 0.3) is 0 Å². The number of nitrogens with zero attached hydrogens (tertiary/aromatic N) is 1. The minimum absolute atomic E-state index is 0.225. The van der Waals surface area contributed by atoms with Crippen molar-refractivity contribution in [3.8, 4) is 17.2 Å². The number of hydrazone groups is 1. The predicted molar refractivity (Wildman–Crippen MR) is 154 cm³/mol. The van der Waals surface area contributed by atoms with E-state index in [2.05, 4.69) is 21.2 Å². The smallest absolute Gasteiger partial charge is 0.329 e. The second-order valence-corrected chi connectivity index (χ2v) is 9.27. The van der Waals surface area contributed by atoms with Gasteiger partial charge in [-0.2, -0.15) is 5.10 Å². The molecular formula is C25H21Cl2IN4O6. The molecule has 3 amide bonds. The summed E-state index contributed by atoms with van der Waals surface area (Å²) in [4.78, 5) is 36.6. The van der Waals surface area contributed by atoms with Crippen LogP contribution in [0.4, 0.5) is 11.4 Å². The minimum atomic E-state index is -0.973. The molecule has 198 valence electrons. The van der Waals surface area contributed by atoms with Crippen molar-refractivity contribution in [2.24, 2.45) is 5.10 Å². The fraction of sp³-hybridized carbons (Fsp3) is 0.120. The van der Waals surface area contributed by atoms with Gasteiger partial charge in [0.25, 0.3) is 5.91 Å². The van der Waals surface area contributed by atoms with Gasteiger partial charge in [0, 0.05) is 0 Å². The summed E-state index contributed by atoms with van der Waals surface area (Å²) < 4.78 is 16.8. The van der Waals surface area contributed by atoms with Gasteiger partial charge in [0.15, 0.2) is 18.1 Å². The van der Waals surface area contributed by atoms with Crippen LogP contribution in [0, 0.1) is 3.57 Å². The van der Waals surface area contributed by atoms with Gasteiger partial charge in [0.2, 0.25) is 0 Å². The normalized spacial score (nSPS) is 10.6. The van der Waals surface area contributed by atoms with Crippen LogP contribution >= 0.6 is 45.8 Å². The van der Waals surface area contributed by atoms with E-state index < -0.39 is 17.7 Å². The van der Waals surface area contributed by atoms with Gasteiger partial charge in [-0.15, -0.1) is 0 Å². The molecule has 3 N–H and O–H groups in total. The highest BCUT2D eigenvalue weighted by Crippen LogP contribution is 2.34. The molecule has 0 saturated heterocycles. The highest BCUT2D eigenvalue weighted by molar-refractivity contribution is 14.1. The van der Waals surface area contributed by atoms with Crippen LogP contribution in [0.3, 0.4) is 0 Å². The number of rotatable bonds is 9. The Hall–Kier alpha value is -3.55. The number of benzene rings is 3. The molecule has 13 heteroatoms. The van der Waals surface area contributed by atoms with Crippen LogP contribution in [-0.2, 0) is 14.4 Å². The van der Waals surface area contributed by atoms with E-state index in [1.54, 1.807) is 54.6 Å². The first-order chi connectivity index (χ1) is 18.2. The molecule has 0 spiro atoms. The lowest BCUT2D eigenvalue weighted by atomic mass is 10.2. The van der Waals surface area contributed by atoms with E-state index in [1.165, 1.54) is 20.4 Å². The molecule has 3 aromatic rings. The third kappa shape index (κ3) is 7.73. The number of anilines is 2. The third-order valence-electron chi connectivity index (χ3n) is 4.77. The Morgan fingerprint density at radius 2 is 1.63 bits per heavy atom. The number of ether oxygens (including phenoxy) is 3. The van der Waals surface area contributed by atoms with E-state index in [4.69, 9.17) is 37.4 Å². The van der Waals surface area contributed by atoms with E-state index in [0.29, 0.717) is 42.8 Å². The molecule has 0 bridgehead atoms. The van der Waals surface area contributed by atoms with Crippen LogP contribution in [0.15, 0.2) is 59.7 Å². The summed E-state index contributed by atoms with van der Waals surface area (Å²) in [5.41, 5.74) is 3.41. The lowest BCUT2D eigenvalue weighted by Crippen LogP contribution is -2.32. The Morgan fingerprint density at radius 3 is 2.37 bits per heavy atom. The summed E-state index contributed by atoms with van der Waals surface area (Å²) in [6.07, 6.45) is 1.33. The molecular weight excluding hydrogens is 650 g/mol. The fourth-order valence-electron chi connectivity index (χ4n) is 3.02.